The number of fused-ring (bicyclic) bond motifs is 3. The van der Waals surface area contributed by atoms with E-state index in [1.54, 1.807) is 0 Å². The fourth-order valence-electron chi connectivity index (χ4n) is 4.60. The Balaban J connectivity index is 1.29. The first kappa shape index (κ1) is 18.1. The maximum absolute atomic E-state index is 4.74. The summed E-state index contributed by atoms with van der Waals surface area (Å²) in [4.78, 5) is 2.62. The summed E-state index contributed by atoms with van der Waals surface area (Å²) in [6, 6.07) is 26.8. The molecule has 3 nitrogen and oxygen atoms in total. The first-order chi connectivity index (χ1) is 14.3. The molecule has 0 amide bonds. The molecule has 0 atom stereocenters. The summed E-state index contributed by atoms with van der Waals surface area (Å²) < 4.78 is 0. The molecule has 1 aliphatic carbocycles. The van der Waals surface area contributed by atoms with Crippen LogP contribution in [-0.4, -0.2) is 42.3 Å². The van der Waals surface area contributed by atoms with Crippen molar-refractivity contribution in [3.63, 3.8) is 0 Å². The Bertz CT molecular complexity index is 969. The number of hydrazone groups is 1. The van der Waals surface area contributed by atoms with E-state index >= 15 is 0 Å². The second-order valence-corrected chi connectivity index (χ2v) is 7.91. The molecule has 5 rings (SSSR count). The molecule has 29 heavy (non-hydrogen) atoms. The van der Waals surface area contributed by atoms with Gasteiger partial charge in [-0.05, 0) is 39.8 Å². The zero-order chi connectivity index (χ0) is 19.6. The Labute approximate surface area is 173 Å². The largest absolute Gasteiger partial charge is 0.294 e. The number of piperazine rings is 1. The summed E-state index contributed by atoms with van der Waals surface area (Å²) in [5.41, 5.74) is 8.22. The monoisotopic (exact) mass is 381 g/mol. The highest BCUT2D eigenvalue weighted by Gasteiger charge is 2.33. The van der Waals surface area contributed by atoms with Crippen molar-refractivity contribution in [3.05, 3.63) is 95.1 Å². The average molecular weight is 382 g/mol. The van der Waals surface area contributed by atoms with Crippen LogP contribution in [0.15, 0.2) is 77.9 Å². The van der Waals surface area contributed by atoms with Crippen LogP contribution in [0, 0.1) is 0 Å². The second kappa shape index (κ2) is 7.84. The van der Waals surface area contributed by atoms with Crippen molar-refractivity contribution in [1.29, 1.82) is 0 Å². The first-order valence-electron chi connectivity index (χ1n) is 10.6. The summed E-state index contributed by atoms with van der Waals surface area (Å²) in [7, 11) is 0. The van der Waals surface area contributed by atoms with Crippen LogP contribution in [0.3, 0.4) is 0 Å². The third-order valence-corrected chi connectivity index (χ3v) is 6.21. The molecule has 0 spiro atoms. The van der Waals surface area contributed by atoms with Gasteiger partial charge in [-0.25, -0.2) is 0 Å². The lowest BCUT2D eigenvalue weighted by atomic mass is 10.0. The fraction of sp³-hybridized carbons (Fsp3) is 0.269. The van der Waals surface area contributed by atoms with Crippen molar-refractivity contribution >= 4 is 6.21 Å². The van der Waals surface area contributed by atoms with Crippen molar-refractivity contribution < 1.29 is 0 Å². The van der Waals surface area contributed by atoms with E-state index < -0.39 is 0 Å². The van der Waals surface area contributed by atoms with Crippen LogP contribution in [0.4, 0.5) is 0 Å². The summed E-state index contributed by atoms with van der Waals surface area (Å²) >= 11 is 0. The lowest BCUT2D eigenvalue weighted by Crippen LogP contribution is -2.45. The Morgan fingerprint density at radius 1 is 0.793 bits per heavy atom. The number of hydrogen-bond donors (Lipinski definition) is 0. The summed E-state index contributed by atoms with van der Waals surface area (Å²) in [5, 5.41) is 6.95. The molecule has 0 unspecified atom stereocenters. The van der Waals surface area contributed by atoms with Crippen LogP contribution in [0.25, 0.3) is 11.1 Å². The third kappa shape index (κ3) is 3.47. The number of rotatable bonds is 4. The maximum atomic E-state index is 4.74. The molecule has 3 aromatic carbocycles. The predicted octanol–water partition coefficient (Wildman–Crippen LogP) is 4.97. The molecule has 3 aromatic rings. The minimum absolute atomic E-state index is 0.370. The van der Waals surface area contributed by atoms with Crippen LogP contribution in [-0.2, 0) is 6.42 Å². The Hall–Kier alpha value is -2.91. The normalized spacial score (nSPS) is 16.9. The highest BCUT2D eigenvalue weighted by atomic mass is 15.5. The van der Waals surface area contributed by atoms with E-state index in [-0.39, 0.29) is 0 Å². The van der Waals surface area contributed by atoms with E-state index in [9.17, 15) is 0 Å². The average Bonchev–Trinajstić information content (AvgIpc) is 3.13. The second-order valence-electron chi connectivity index (χ2n) is 7.91. The van der Waals surface area contributed by atoms with Crippen molar-refractivity contribution in [1.82, 2.24) is 9.91 Å². The Morgan fingerprint density at radius 2 is 1.38 bits per heavy atom. The van der Waals surface area contributed by atoms with Crippen LogP contribution >= 0.6 is 0 Å². The maximum Gasteiger partial charge on any atom is 0.0615 e. The van der Waals surface area contributed by atoms with Gasteiger partial charge in [-0.15, -0.1) is 0 Å². The molecule has 0 N–H and O–H groups in total. The highest BCUT2D eigenvalue weighted by molar-refractivity contribution is 5.79. The van der Waals surface area contributed by atoms with Gasteiger partial charge in [-0.3, -0.25) is 9.91 Å². The van der Waals surface area contributed by atoms with Crippen molar-refractivity contribution in [2.45, 2.75) is 19.4 Å². The first-order valence-corrected chi connectivity index (χ1v) is 10.6. The smallest absolute Gasteiger partial charge is 0.0615 e. The van der Waals surface area contributed by atoms with Crippen LogP contribution in [0.1, 0.15) is 35.2 Å². The molecule has 0 aromatic heterocycles. The molecule has 2 aliphatic rings. The zero-order valence-electron chi connectivity index (χ0n) is 17.0. The number of aryl methyl sites for hydroxylation is 1. The molecule has 1 fully saturated rings. The van der Waals surface area contributed by atoms with Crippen molar-refractivity contribution in [3.8, 4) is 11.1 Å². The van der Waals surface area contributed by atoms with Gasteiger partial charge in [0, 0.05) is 26.2 Å². The van der Waals surface area contributed by atoms with Gasteiger partial charge in [-0.2, -0.15) is 5.10 Å². The zero-order valence-corrected chi connectivity index (χ0v) is 17.0. The van der Waals surface area contributed by atoms with Crippen molar-refractivity contribution in [2.75, 3.05) is 26.2 Å². The van der Waals surface area contributed by atoms with Crippen molar-refractivity contribution in [2.24, 2.45) is 5.10 Å². The van der Waals surface area contributed by atoms with E-state index in [0.717, 1.165) is 32.6 Å². The SMILES string of the molecule is CCc1ccc(C=NN2CCN(C3c4ccccc4-c4ccccc43)CC2)cc1. The topological polar surface area (TPSA) is 18.8 Å². The molecule has 1 aliphatic heterocycles. The van der Waals surface area contributed by atoms with E-state index in [2.05, 4.69) is 89.6 Å². The minimum atomic E-state index is 0.370. The predicted molar refractivity (Wildman–Crippen MR) is 120 cm³/mol. The summed E-state index contributed by atoms with van der Waals surface area (Å²) in [6.07, 6.45) is 3.07. The van der Waals surface area contributed by atoms with Gasteiger partial charge in [0.2, 0.25) is 0 Å². The quantitative estimate of drug-likeness (QED) is 0.594. The lowest BCUT2D eigenvalue weighted by Gasteiger charge is -2.37. The minimum Gasteiger partial charge on any atom is -0.294 e. The summed E-state index contributed by atoms with van der Waals surface area (Å²) in [6.45, 7) is 6.16. The van der Waals surface area contributed by atoms with Crippen LogP contribution in [0.2, 0.25) is 0 Å². The molecule has 0 radical (unpaired) electrons. The van der Waals surface area contributed by atoms with E-state index in [0.29, 0.717) is 6.04 Å². The number of hydrogen-bond acceptors (Lipinski definition) is 3. The Kier molecular flexibility index (Phi) is 4.91. The van der Waals surface area contributed by atoms with Gasteiger partial charge >= 0.3 is 0 Å². The van der Waals surface area contributed by atoms with Crippen LogP contribution < -0.4 is 0 Å². The highest BCUT2D eigenvalue weighted by Crippen LogP contribution is 2.46. The number of benzene rings is 3. The molecular formula is C26H27N3. The van der Waals surface area contributed by atoms with Crippen LogP contribution in [0.5, 0.6) is 0 Å². The van der Waals surface area contributed by atoms with E-state index in [1.807, 2.05) is 6.21 Å². The van der Waals surface area contributed by atoms with Gasteiger partial charge in [0.05, 0.1) is 12.3 Å². The van der Waals surface area contributed by atoms with Gasteiger partial charge in [0.15, 0.2) is 0 Å². The number of nitrogens with zero attached hydrogens (tertiary/aromatic N) is 3. The molecule has 1 heterocycles. The molecule has 3 heteroatoms. The van der Waals surface area contributed by atoms with Gasteiger partial charge in [0.1, 0.15) is 0 Å². The molecule has 0 bridgehead atoms. The standard InChI is InChI=1S/C26H27N3/c1-2-20-11-13-21(14-12-20)19-27-29-17-15-28(16-18-29)26-24-9-5-3-7-22(24)23-8-4-6-10-25(23)26/h3-14,19,26H,2,15-18H2,1H3. The molecular weight excluding hydrogens is 354 g/mol. The lowest BCUT2D eigenvalue weighted by molar-refractivity contribution is 0.114. The molecule has 146 valence electrons. The third-order valence-electron chi connectivity index (χ3n) is 6.21. The molecule has 0 saturated carbocycles. The molecule has 1 saturated heterocycles. The summed E-state index contributed by atoms with van der Waals surface area (Å²) in [5.74, 6) is 0. The fourth-order valence-corrected chi connectivity index (χ4v) is 4.60. The van der Waals surface area contributed by atoms with Gasteiger partial charge < -0.3 is 0 Å². The van der Waals surface area contributed by atoms with E-state index in [4.69, 9.17) is 5.10 Å². The Morgan fingerprint density at radius 3 is 1.97 bits per heavy atom. The van der Waals surface area contributed by atoms with Gasteiger partial charge in [-0.1, -0.05) is 79.7 Å². The van der Waals surface area contributed by atoms with Gasteiger partial charge in [0.25, 0.3) is 0 Å². The van der Waals surface area contributed by atoms with E-state index in [1.165, 1.54) is 33.4 Å².